The molecule has 1 aromatic rings. The van der Waals surface area contributed by atoms with Crippen molar-refractivity contribution in [3.63, 3.8) is 0 Å². The fraction of sp³-hybridized carbons (Fsp3) is 0.389. The predicted octanol–water partition coefficient (Wildman–Crippen LogP) is 2.54. The average Bonchev–Trinajstić information content (AvgIpc) is 2.63. The summed E-state index contributed by atoms with van der Waals surface area (Å²) in [7, 11) is -0.416. The summed E-state index contributed by atoms with van der Waals surface area (Å²) in [5.74, 6) is 0.531. The summed E-state index contributed by atoms with van der Waals surface area (Å²) in [6.07, 6.45) is 10.7. The molecule has 7 nitrogen and oxygen atoms in total. The first-order valence-corrected chi connectivity index (χ1v) is 9.98. The molecule has 1 aliphatic rings. The van der Waals surface area contributed by atoms with Gasteiger partial charge in [0.25, 0.3) is 10.1 Å². The number of allylic oxidation sites excluding steroid dienone is 2. The molecule has 2 rings (SSSR count). The number of ether oxygens (including phenoxy) is 1. The maximum absolute atomic E-state index is 10.8. The molecule has 142 valence electrons. The average molecular weight is 379 g/mol. The van der Waals surface area contributed by atoms with Crippen molar-refractivity contribution in [1.82, 2.24) is 4.90 Å². The third kappa shape index (κ3) is 6.20. The Bertz CT molecular complexity index is 774. The first kappa shape index (κ1) is 20.0. The molecule has 26 heavy (non-hydrogen) atoms. The van der Waals surface area contributed by atoms with Crippen LogP contribution < -0.4 is 9.75 Å². The Labute approximate surface area is 155 Å². The Morgan fingerprint density at radius 3 is 2.81 bits per heavy atom. The summed E-state index contributed by atoms with van der Waals surface area (Å²) in [5, 5.41) is 6.26. The fourth-order valence-electron chi connectivity index (χ4n) is 2.61. The molecule has 0 bridgehead atoms. The molecule has 1 atom stereocenters. The van der Waals surface area contributed by atoms with Gasteiger partial charge in [0, 0.05) is 13.6 Å². The number of hydrogen-bond donors (Lipinski definition) is 1. The van der Waals surface area contributed by atoms with Crippen LogP contribution in [0.25, 0.3) is 0 Å². The summed E-state index contributed by atoms with van der Waals surface area (Å²) in [6.45, 7) is 0.672. The minimum absolute atomic E-state index is 0.0251. The Hall–Kier alpha value is -2.32. The van der Waals surface area contributed by atoms with Crippen LogP contribution in [0.2, 0.25) is 0 Å². The highest BCUT2D eigenvalue weighted by Crippen LogP contribution is 2.26. The molecule has 0 spiro atoms. The van der Waals surface area contributed by atoms with Crippen LogP contribution in [0.3, 0.4) is 0 Å². The molecule has 0 amide bonds. The zero-order valence-corrected chi connectivity index (χ0v) is 15.8. The van der Waals surface area contributed by atoms with Crippen LogP contribution in [-0.4, -0.2) is 56.6 Å². The van der Waals surface area contributed by atoms with Crippen molar-refractivity contribution in [2.45, 2.75) is 18.9 Å². The molecule has 1 N–H and O–H groups in total. The topological polar surface area (TPSA) is 82.4 Å². The third-order valence-electron chi connectivity index (χ3n) is 3.97. The number of hydrogen-bond acceptors (Lipinski definition) is 6. The molecule has 8 heteroatoms. The summed E-state index contributed by atoms with van der Waals surface area (Å²) in [4.78, 5) is 2.07. The summed E-state index contributed by atoms with van der Waals surface area (Å²) in [6, 6.07) is 7.62. The number of methoxy groups -OCH3 is 1. The largest absolute Gasteiger partial charge is 0.495 e. The van der Waals surface area contributed by atoms with E-state index in [2.05, 4.69) is 10.0 Å². The third-order valence-corrected chi connectivity index (χ3v) is 4.78. The minimum atomic E-state index is -3.89. The van der Waals surface area contributed by atoms with Gasteiger partial charge in [0.15, 0.2) is 0 Å². The highest BCUT2D eigenvalue weighted by molar-refractivity contribution is 7.85. The molecular formula is C18H25N3O4S. The molecule has 0 aliphatic carbocycles. The van der Waals surface area contributed by atoms with E-state index in [1.54, 1.807) is 12.1 Å². The summed E-state index contributed by atoms with van der Waals surface area (Å²) >= 11 is 0. The number of anilines is 1. The van der Waals surface area contributed by atoms with E-state index in [4.69, 9.17) is 9.29 Å². The maximum atomic E-state index is 10.8. The Balaban J connectivity index is 1.96. The first-order chi connectivity index (χ1) is 12.4. The highest BCUT2D eigenvalue weighted by Gasteiger charge is 2.14. The van der Waals surface area contributed by atoms with Crippen molar-refractivity contribution in [2.75, 3.05) is 31.5 Å². The zero-order valence-electron chi connectivity index (χ0n) is 15.0. The van der Waals surface area contributed by atoms with Crippen LogP contribution in [0.15, 0.2) is 53.8 Å². The quantitative estimate of drug-likeness (QED) is 0.307. The van der Waals surface area contributed by atoms with Gasteiger partial charge < -0.3 is 9.64 Å². The van der Waals surface area contributed by atoms with Gasteiger partial charge >= 0.3 is 0 Å². The lowest BCUT2D eigenvalue weighted by molar-refractivity contribution is 0.364. The lowest BCUT2D eigenvalue weighted by atomic mass is 10.2. The molecule has 1 unspecified atom stereocenters. The van der Waals surface area contributed by atoms with Crippen LogP contribution in [0, 0.1) is 0 Å². The lowest BCUT2D eigenvalue weighted by Crippen LogP contribution is -2.33. The van der Waals surface area contributed by atoms with E-state index in [9.17, 15) is 8.42 Å². The van der Waals surface area contributed by atoms with E-state index in [1.165, 1.54) is 0 Å². The van der Waals surface area contributed by atoms with E-state index in [0.717, 1.165) is 11.4 Å². The van der Waals surface area contributed by atoms with Crippen molar-refractivity contribution in [3.05, 3.63) is 48.7 Å². The molecule has 0 aromatic heterocycles. The Morgan fingerprint density at radius 1 is 1.31 bits per heavy atom. The van der Waals surface area contributed by atoms with Crippen molar-refractivity contribution < 1.29 is 17.7 Å². The normalized spacial score (nSPS) is 17.0. The molecule has 0 radical (unpaired) electrons. The van der Waals surface area contributed by atoms with Gasteiger partial charge in [-0.3, -0.25) is 9.56 Å². The van der Waals surface area contributed by atoms with Crippen LogP contribution >= 0.6 is 0 Å². The Kier molecular flexibility index (Phi) is 7.23. The van der Waals surface area contributed by atoms with Gasteiger partial charge in [-0.1, -0.05) is 24.3 Å². The molecule has 0 saturated carbocycles. The van der Waals surface area contributed by atoms with Gasteiger partial charge in [0.2, 0.25) is 0 Å². The maximum Gasteiger partial charge on any atom is 0.264 e. The van der Waals surface area contributed by atoms with Crippen LogP contribution in [0.1, 0.15) is 12.8 Å². The smallest absolute Gasteiger partial charge is 0.264 e. The molecule has 1 aliphatic heterocycles. The molecular weight excluding hydrogens is 354 g/mol. The van der Waals surface area contributed by atoms with Gasteiger partial charge in [-0.2, -0.15) is 13.5 Å². The molecule has 0 saturated heterocycles. The van der Waals surface area contributed by atoms with Crippen molar-refractivity contribution >= 4 is 22.0 Å². The van der Waals surface area contributed by atoms with Gasteiger partial charge in [0.1, 0.15) is 11.4 Å². The monoisotopic (exact) mass is 379 g/mol. The fourth-order valence-corrected chi connectivity index (χ4v) is 3.18. The van der Waals surface area contributed by atoms with Gasteiger partial charge in [0.05, 0.1) is 25.1 Å². The van der Waals surface area contributed by atoms with Crippen LogP contribution in [0.5, 0.6) is 5.75 Å². The minimum Gasteiger partial charge on any atom is -0.495 e. The van der Waals surface area contributed by atoms with Crippen LogP contribution in [-0.2, 0) is 10.1 Å². The Morgan fingerprint density at radius 2 is 2.08 bits per heavy atom. The number of rotatable bonds is 9. The van der Waals surface area contributed by atoms with E-state index >= 15 is 0 Å². The standard InChI is InChI=1S/C18H25N3O4S/c1-20(17-10-3-4-11-18(17)25-2)19-15-16-9-5-6-12-21(16)13-7-8-14-26(22,23)24/h3-6,9-12,15-16H,7-8,13-14H2,1-2H3,(H,22,23,24). The first-order valence-electron chi connectivity index (χ1n) is 8.37. The summed E-state index contributed by atoms with van der Waals surface area (Å²) < 4.78 is 35.7. The van der Waals surface area contributed by atoms with Crippen molar-refractivity contribution in [1.29, 1.82) is 0 Å². The predicted molar refractivity (Wildman–Crippen MR) is 104 cm³/mol. The van der Waals surface area contributed by atoms with E-state index in [0.29, 0.717) is 19.4 Å². The number of benzene rings is 1. The second-order valence-corrected chi connectivity index (χ2v) is 7.48. The van der Waals surface area contributed by atoms with Gasteiger partial charge in [-0.15, -0.1) is 0 Å². The second-order valence-electron chi connectivity index (χ2n) is 5.91. The van der Waals surface area contributed by atoms with Gasteiger partial charge in [-0.05, 0) is 37.3 Å². The number of nitrogens with zero attached hydrogens (tertiary/aromatic N) is 3. The van der Waals surface area contributed by atoms with E-state index < -0.39 is 10.1 Å². The second kappa shape index (κ2) is 9.40. The van der Waals surface area contributed by atoms with E-state index in [-0.39, 0.29) is 11.8 Å². The van der Waals surface area contributed by atoms with Crippen molar-refractivity contribution in [2.24, 2.45) is 5.10 Å². The summed E-state index contributed by atoms with van der Waals surface area (Å²) in [5.41, 5.74) is 0.862. The molecule has 1 aromatic carbocycles. The zero-order chi connectivity index (χ0) is 19.0. The van der Waals surface area contributed by atoms with E-state index in [1.807, 2.05) is 62.0 Å². The van der Waals surface area contributed by atoms with Gasteiger partial charge in [-0.25, -0.2) is 0 Å². The SMILES string of the molecule is COc1ccccc1N(C)N=CC1C=CC=CN1CCCCS(=O)(=O)O. The van der Waals surface area contributed by atoms with Crippen molar-refractivity contribution in [3.8, 4) is 5.75 Å². The lowest BCUT2D eigenvalue weighted by Gasteiger charge is -2.28. The number of para-hydroxylation sites is 2. The molecule has 1 heterocycles. The van der Waals surface area contributed by atoms with Crippen LogP contribution in [0.4, 0.5) is 5.69 Å². The number of unbranched alkanes of at least 4 members (excludes halogenated alkanes) is 1. The molecule has 0 fully saturated rings. The number of hydrazone groups is 1. The highest BCUT2D eigenvalue weighted by atomic mass is 32.2.